The summed E-state index contributed by atoms with van der Waals surface area (Å²) in [6.07, 6.45) is -1.33. The zero-order chi connectivity index (χ0) is 19.7. The van der Waals surface area contributed by atoms with Crippen LogP contribution in [0.3, 0.4) is 0 Å². The number of hydrogen-bond donors (Lipinski definition) is 2. The molecule has 3 N–H and O–H groups in total. The van der Waals surface area contributed by atoms with Gasteiger partial charge in [0, 0.05) is 4.88 Å². The molecule has 2 atom stereocenters. The zero-order valence-electron chi connectivity index (χ0n) is 15.0. The first-order valence-corrected chi connectivity index (χ1v) is 9.57. The Morgan fingerprint density at radius 1 is 1.00 bits per heavy atom. The molecule has 1 aliphatic rings. The molecule has 2 heterocycles. The van der Waals surface area contributed by atoms with Gasteiger partial charge in [-0.2, -0.15) is 0 Å². The normalized spacial score (nSPS) is 17.8. The molecule has 1 aromatic heterocycles. The minimum atomic E-state index is -0.849. The number of carbonyl (C=O) groups is 2. The van der Waals surface area contributed by atoms with Crippen LogP contribution in [-0.2, 0) is 4.79 Å². The van der Waals surface area contributed by atoms with E-state index in [1.807, 2.05) is 42.5 Å². The molecule has 4 rings (SSSR count). The van der Waals surface area contributed by atoms with E-state index in [0.717, 1.165) is 10.4 Å². The van der Waals surface area contributed by atoms with Gasteiger partial charge in [0.25, 0.3) is 11.8 Å². The van der Waals surface area contributed by atoms with Crippen LogP contribution in [0.25, 0.3) is 10.4 Å². The lowest BCUT2D eigenvalue weighted by atomic mass is 10.1. The second-order valence-electron chi connectivity index (χ2n) is 6.38. The fourth-order valence-electron chi connectivity index (χ4n) is 3.00. The molecule has 0 saturated carbocycles. The maximum absolute atomic E-state index is 12.8. The number of nitrogens with two attached hydrogens (primary N) is 1. The maximum Gasteiger partial charge on any atom is 0.269 e. The number of anilines is 1. The number of benzene rings is 2. The van der Waals surface area contributed by atoms with Gasteiger partial charge in [0.2, 0.25) is 6.10 Å². The quantitative estimate of drug-likeness (QED) is 0.706. The van der Waals surface area contributed by atoms with Gasteiger partial charge < -0.3 is 20.5 Å². The number of fused-ring (bicyclic) bond motifs is 1. The molecule has 0 aliphatic carbocycles. The Kier molecular flexibility index (Phi) is 4.75. The highest BCUT2D eigenvalue weighted by molar-refractivity contribution is 7.20. The van der Waals surface area contributed by atoms with Crippen molar-refractivity contribution in [3.05, 3.63) is 66.2 Å². The predicted octanol–water partition coefficient (Wildman–Crippen LogP) is 3.68. The molecule has 0 bridgehead atoms. The number of thiophene rings is 1. The largest absolute Gasteiger partial charge is 0.482 e. The number of hydrogen-bond acceptors (Lipinski definition) is 5. The van der Waals surface area contributed by atoms with E-state index in [-0.39, 0.29) is 5.56 Å². The Hall–Kier alpha value is -3.32. The van der Waals surface area contributed by atoms with Crippen molar-refractivity contribution in [2.24, 2.45) is 5.73 Å². The number of primary amides is 1. The second-order valence-corrected chi connectivity index (χ2v) is 7.43. The van der Waals surface area contributed by atoms with E-state index in [4.69, 9.17) is 15.2 Å². The van der Waals surface area contributed by atoms with Crippen molar-refractivity contribution in [2.45, 2.75) is 19.1 Å². The van der Waals surface area contributed by atoms with Crippen LogP contribution in [0.2, 0.25) is 0 Å². The number of carbonyl (C=O) groups excluding carboxylic acids is 2. The van der Waals surface area contributed by atoms with E-state index in [1.54, 1.807) is 25.1 Å². The van der Waals surface area contributed by atoms with Crippen LogP contribution < -0.4 is 20.5 Å². The van der Waals surface area contributed by atoms with Crippen LogP contribution >= 0.6 is 11.3 Å². The van der Waals surface area contributed by atoms with Gasteiger partial charge in [-0.15, -0.1) is 11.3 Å². The van der Waals surface area contributed by atoms with Crippen LogP contribution in [0.5, 0.6) is 11.5 Å². The average molecular weight is 394 g/mol. The number of nitrogens with one attached hydrogen (secondary N) is 1. The lowest BCUT2D eigenvalue weighted by molar-refractivity contribution is -0.127. The predicted molar refractivity (Wildman–Crippen MR) is 108 cm³/mol. The molecule has 7 heteroatoms. The summed E-state index contributed by atoms with van der Waals surface area (Å²) in [5.41, 5.74) is 6.72. The molecule has 28 heavy (non-hydrogen) atoms. The van der Waals surface area contributed by atoms with Gasteiger partial charge >= 0.3 is 0 Å². The van der Waals surface area contributed by atoms with Gasteiger partial charge in [-0.3, -0.25) is 9.59 Å². The SMILES string of the molecule is C[C@H]1Oc2ccccc2O[C@@H]1C(=O)Nc1sc(-c2ccccc2)cc1C(N)=O. The number of amides is 2. The van der Waals surface area contributed by atoms with Gasteiger partial charge in [-0.05, 0) is 30.7 Å². The molecule has 142 valence electrons. The Morgan fingerprint density at radius 3 is 2.32 bits per heavy atom. The zero-order valence-corrected chi connectivity index (χ0v) is 15.9. The van der Waals surface area contributed by atoms with Crippen molar-refractivity contribution in [1.29, 1.82) is 0 Å². The van der Waals surface area contributed by atoms with Gasteiger partial charge in [-0.25, -0.2) is 0 Å². The van der Waals surface area contributed by atoms with Crippen molar-refractivity contribution in [3.63, 3.8) is 0 Å². The standard InChI is InChI=1S/C21H18N2O4S/c1-12-18(27-16-10-6-5-9-15(16)26-12)20(25)23-21-14(19(22)24)11-17(28-21)13-7-3-2-4-8-13/h2-12,18H,1H3,(H2,22,24)(H,23,25)/t12-,18+/m1/s1. The van der Waals surface area contributed by atoms with Crippen molar-refractivity contribution in [3.8, 4) is 21.9 Å². The lowest BCUT2D eigenvalue weighted by Crippen LogP contribution is -2.46. The molecular weight excluding hydrogens is 376 g/mol. The summed E-state index contributed by atoms with van der Waals surface area (Å²) >= 11 is 1.29. The summed E-state index contributed by atoms with van der Waals surface area (Å²) in [6, 6.07) is 18.5. The minimum absolute atomic E-state index is 0.266. The third-order valence-corrected chi connectivity index (χ3v) is 5.49. The summed E-state index contributed by atoms with van der Waals surface area (Å²) in [4.78, 5) is 25.6. The molecule has 2 aromatic carbocycles. The Bertz CT molecular complexity index is 1030. The molecule has 0 spiro atoms. The Labute approximate surface area is 165 Å². The van der Waals surface area contributed by atoms with Crippen LogP contribution in [0.1, 0.15) is 17.3 Å². The molecule has 3 aromatic rings. The van der Waals surface area contributed by atoms with Crippen LogP contribution in [0.4, 0.5) is 5.00 Å². The molecule has 1 aliphatic heterocycles. The molecule has 0 unspecified atom stereocenters. The first-order chi connectivity index (χ1) is 13.5. The highest BCUT2D eigenvalue weighted by atomic mass is 32.1. The summed E-state index contributed by atoms with van der Waals surface area (Å²) in [5.74, 6) is 0.102. The summed E-state index contributed by atoms with van der Waals surface area (Å²) in [7, 11) is 0. The van der Waals surface area contributed by atoms with Crippen molar-refractivity contribution >= 4 is 28.2 Å². The molecule has 6 nitrogen and oxygen atoms in total. The van der Waals surface area contributed by atoms with Gasteiger partial charge in [0.1, 0.15) is 11.1 Å². The first kappa shape index (κ1) is 18.1. The summed E-state index contributed by atoms with van der Waals surface area (Å²) in [6.45, 7) is 1.76. The molecule has 2 amide bonds. The minimum Gasteiger partial charge on any atom is -0.482 e. The second kappa shape index (κ2) is 7.36. The molecule has 0 fully saturated rings. The van der Waals surface area contributed by atoms with E-state index >= 15 is 0 Å². The van der Waals surface area contributed by atoms with E-state index in [2.05, 4.69) is 5.32 Å². The molecule has 0 saturated heterocycles. The fraction of sp³-hybridized carbons (Fsp3) is 0.143. The number of ether oxygens (including phenoxy) is 2. The average Bonchev–Trinajstić information content (AvgIpc) is 3.12. The number of para-hydroxylation sites is 2. The highest BCUT2D eigenvalue weighted by Gasteiger charge is 2.34. The Balaban J connectivity index is 1.59. The molecular formula is C21H18N2O4S. The van der Waals surface area contributed by atoms with Crippen LogP contribution in [0, 0.1) is 0 Å². The van der Waals surface area contributed by atoms with Gasteiger partial charge in [0.15, 0.2) is 11.5 Å². The van der Waals surface area contributed by atoms with Crippen LogP contribution in [0.15, 0.2) is 60.7 Å². The van der Waals surface area contributed by atoms with Crippen LogP contribution in [-0.4, -0.2) is 24.0 Å². The lowest BCUT2D eigenvalue weighted by Gasteiger charge is -2.30. The first-order valence-electron chi connectivity index (χ1n) is 8.75. The van der Waals surface area contributed by atoms with E-state index < -0.39 is 24.0 Å². The summed E-state index contributed by atoms with van der Waals surface area (Å²) < 4.78 is 11.6. The smallest absolute Gasteiger partial charge is 0.269 e. The molecule has 0 radical (unpaired) electrons. The van der Waals surface area contributed by atoms with Gasteiger partial charge in [0.05, 0.1) is 5.56 Å². The fourth-order valence-corrected chi connectivity index (χ4v) is 4.07. The van der Waals surface area contributed by atoms with E-state index in [9.17, 15) is 9.59 Å². The number of rotatable bonds is 4. The third kappa shape index (κ3) is 3.44. The summed E-state index contributed by atoms with van der Waals surface area (Å²) in [5, 5.41) is 3.18. The third-order valence-electron chi connectivity index (χ3n) is 4.39. The van der Waals surface area contributed by atoms with E-state index in [1.165, 1.54) is 11.3 Å². The van der Waals surface area contributed by atoms with E-state index in [0.29, 0.717) is 16.5 Å². The highest BCUT2D eigenvalue weighted by Crippen LogP contribution is 2.37. The monoisotopic (exact) mass is 394 g/mol. The van der Waals surface area contributed by atoms with Gasteiger partial charge in [-0.1, -0.05) is 42.5 Å². The van der Waals surface area contributed by atoms with Crippen molar-refractivity contribution < 1.29 is 19.1 Å². The maximum atomic E-state index is 12.8. The topological polar surface area (TPSA) is 90.7 Å². The van der Waals surface area contributed by atoms with Crippen molar-refractivity contribution in [1.82, 2.24) is 0 Å². The van der Waals surface area contributed by atoms with Crippen molar-refractivity contribution in [2.75, 3.05) is 5.32 Å². The Morgan fingerprint density at radius 2 is 1.64 bits per heavy atom.